The molecule has 6 nitrogen and oxygen atoms in total. The van der Waals surface area contributed by atoms with E-state index in [-0.39, 0.29) is 49.9 Å². The van der Waals surface area contributed by atoms with E-state index in [2.05, 4.69) is 0 Å². The molecule has 0 spiro atoms. The lowest BCUT2D eigenvalue weighted by Gasteiger charge is -2.42. The minimum atomic E-state index is -0.389. The van der Waals surface area contributed by atoms with Crippen molar-refractivity contribution in [2.45, 2.75) is 107 Å². The fraction of sp³-hybridized carbons (Fsp3) is 1.00. The maximum absolute atomic E-state index is 9.83. The number of hydrogen-bond donors (Lipinski definition) is 1. The Bertz CT molecular complexity index is 475. The topological polar surface area (TPSA) is 66.4 Å². The average Bonchev–Trinajstić information content (AvgIpc) is 3.27. The third kappa shape index (κ3) is 3.23. The van der Waals surface area contributed by atoms with E-state index in [1.807, 2.05) is 0 Å². The van der Waals surface area contributed by atoms with Crippen LogP contribution in [0.2, 0.25) is 0 Å². The maximum Gasteiger partial charge on any atom is 0.190 e. The highest BCUT2D eigenvalue weighted by molar-refractivity contribution is 4.99. The molecule has 7 atom stereocenters. The Morgan fingerprint density at radius 1 is 0.538 bits per heavy atom. The molecule has 26 heavy (non-hydrogen) atoms. The van der Waals surface area contributed by atoms with E-state index in [0.717, 1.165) is 12.8 Å². The Morgan fingerprint density at radius 3 is 1.69 bits per heavy atom. The van der Waals surface area contributed by atoms with Crippen LogP contribution in [0.3, 0.4) is 0 Å². The summed E-state index contributed by atoms with van der Waals surface area (Å²) in [6.07, 6.45) is 10.4. The smallest absolute Gasteiger partial charge is 0.190 e. The molecule has 3 aliphatic heterocycles. The first kappa shape index (κ1) is 17.8. The summed E-state index contributed by atoms with van der Waals surface area (Å²) in [5.41, 5.74) is 0. The van der Waals surface area contributed by atoms with Gasteiger partial charge in [-0.05, 0) is 25.7 Å². The predicted molar refractivity (Wildman–Crippen MR) is 92.2 cm³/mol. The molecule has 5 rings (SSSR count). The summed E-state index contributed by atoms with van der Waals surface area (Å²) in [6.45, 7) is -0.0563. The quantitative estimate of drug-likeness (QED) is 0.826. The second kappa shape index (κ2) is 7.64. The molecule has 0 bridgehead atoms. The lowest BCUT2D eigenvalue weighted by atomic mass is 9.88. The lowest BCUT2D eigenvalue weighted by Crippen LogP contribution is -2.54. The monoisotopic (exact) mass is 368 g/mol. The van der Waals surface area contributed by atoms with Crippen molar-refractivity contribution >= 4 is 0 Å². The molecule has 3 heterocycles. The van der Waals surface area contributed by atoms with Crippen molar-refractivity contribution in [2.24, 2.45) is 11.8 Å². The molecule has 0 aromatic carbocycles. The number of hydrogen-bond acceptors (Lipinski definition) is 6. The zero-order valence-corrected chi connectivity index (χ0v) is 15.5. The molecule has 2 aliphatic carbocycles. The molecular formula is C20H32O6. The zero-order valence-electron chi connectivity index (χ0n) is 15.5. The molecule has 7 unspecified atom stereocenters. The highest BCUT2D eigenvalue weighted by Crippen LogP contribution is 2.44. The minimum Gasteiger partial charge on any atom is -0.394 e. The molecule has 3 saturated heterocycles. The molecule has 148 valence electrons. The largest absolute Gasteiger partial charge is 0.394 e. The van der Waals surface area contributed by atoms with Crippen LogP contribution in [0, 0.1) is 11.8 Å². The molecule has 6 heteroatoms. The van der Waals surface area contributed by atoms with Gasteiger partial charge in [-0.1, -0.05) is 38.5 Å². The molecule has 0 aromatic rings. The Labute approximate surface area is 155 Å². The van der Waals surface area contributed by atoms with Crippen molar-refractivity contribution in [3.05, 3.63) is 0 Å². The zero-order chi connectivity index (χ0) is 17.5. The van der Waals surface area contributed by atoms with Crippen molar-refractivity contribution in [1.29, 1.82) is 0 Å². The van der Waals surface area contributed by atoms with Crippen LogP contribution in [-0.2, 0) is 23.7 Å². The first-order chi connectivity index (χ1) is 12.8. The molecule has 1 N–H and O–H groups in total. The molecule has 0 radical (unpaired) electrons. The van der Waals surface area contributed by atoms with Gasteiger partial charge >= 0.3 is 0 Å². The Morgan fingerprint density at radius 2 is 1.08 bits per heavy atom. The molecule has 0 amide bonds. The van der Waals surface area contributed by atoms with Crippen LogP contribution in [0.25, 0.3) is 0 Å². The van der Waals surface area contributed by atoms with E-state index in [0.29, 0.717) is 11.8 Å². The van der Waals surface area contributed by atoms with Crippen LogP contribution in [0.5, 0.6) is 0 Å². The van der Waals surface area contributed by atoms with Gasteiger partial charge < -0.3 is 28.8 Å². The highest BCUT2D eigenvalue weighted by Gasteiger charge is 2.59. The highest BCUT2D eigenvalue weighted by atomic mass is 16.8. The van der Waals surface area contributed by atoms with Gasteiger partial charge in [0.1, 0.15) is 24.4 Å². The molecular weight excluding hydrogens is 336 g/mol. The van der Waals surface area contributed by atoms with Gasteiger partial charge in [-0.2, -0.15) is 0 Å². The van der Waals surface area contributed by atoms with Crippen LogP contribution in [-0.4, -0.2) is 55.0 Å². The Hall–Kier alpha value is -0.240. The molecule has 0 aromatic heterocycles. The van der Waals surface area contributed by atoms with Gasteiger partial charge in [-0.3, -0.25) is 0 Å². The molecule has 5 aliphatic rings. The first-order valence-corrected chi connectivity index (χ1v) is 10.7. The summed E-state index contributed by atoms with van der Waals surface area (Å²) < 4.78 is 31.0. The van der Waals surface area contributed by atoms with Crippen molar-refractivity contribution in [2.75, 3.05) is 6.61 Å². The number of rotatable bonds is 3. The van der Waals surface area contributed by atoms with E-state index in [9.17, 15) is 5.11 Å². The summed E-state index contributed by atoms with van der Waals surface area (Å²) >= 11 is 0. The number of aliphatic hydroxyl groups is 1. The number of aliphatic hydroxyl groups excluding tert-OH is 1. The second-order valence-electron chi connectivity index (χ2n) is 8.70. The normalized spacial score (nSPS) is 47.7. The summed E-state index contributed by atoms with van der Waals surface area (Å²) in [6, 6.07) is 0. The van der Waals surface area contributed by atoms with Crippen LogP contribution in [0.15, 0.2) is 0 Å². The van der Waals surface area contributed by atoms with Gasteiger partial charge in [-0.25, -0.2) is 0 Å². The van der Waals surface area contributed by atoms with Gasteiger partial charge in [0.25, 0.3) is 0 Å². The summed E-state index contributed by atoms with van der Waals surface area (Å²) in [7, 11) is 0. The lowest BCUT2D eigenvalue weighted by molar-refractivity contribution is -0.318. The minimum absolute atomic E-state index is 0.0563. The fourth-order valence-corrected chi connectivity index (χ4v) is 5.52. The van der Waals surface area contributed by atoms with E-state index >= 15 is 0 Å². The maximum atomic E-state index is 9.83. The first-order valence-electron chi connectivity index (χ1n) is 10.7. The van der Waals surface area contributed by atoms with E-state index < -0.39 is 0 Å². The van der Waals surface area contributed by atoms with Crippen LogP contribution in [0.1, 0.15) is 64.2 Å². The summed E-state index contributed by atoms with van der Waals surface area (Å²) in [5.74, 6) is 0.883. The van der Waals surface area contributed by atoms with Crippen molar-refractivity contribution in [1.82, 2.24) is 0 Å². The van der Waals surface area contributed by atoms with Gasteiger partial charge in [0.15, 0.2) is 18.9 Å². The number of ether oxygens (including phenoxy) is 5. The fourth-order valence-electron chi connectivity index (χ4n) is 5.52. The standard InChI is InChI=1S/C20H32O6/c21-11-14-15-16(24-18(22-14)12-7-3-1-4-8-12)17-20(23-15)26-19(25-17)13-9-5-2-6-10-13/h12-21H,1-11H2. The molecule has 5 fully saturated rings. The van der Waals surface area contributed by atoms with Crippen molar-refractivity contribution in [3.63, 3.8) is 0 Å². The van der Waals surface area contributed by atoms with Crippen molar-refractivity contribution < 1.29 is 28.8 Å². The summed E-state index contributed by atoms with van der Waals surface area (Å²) in [5, 5.41) is 9.83. The third-order valence-electron chi connectivity index (χ3n) is 6.98. The Kier molecular flexibility index (Phi) is 5.24. The predicted octanol–water partition coefficient (Wildman–Crippen LogP) is 2.72. The summed E-state index contributed by atoms with van der Waals surface area (Å²) in [4.78, 5) is 0. The third-order valence-corrected chi connectivity index (χ3v) is 6.98. The number of fused-ring (bicyclic) bond motifs is 3. The van der Waals surface area contributed by atoms with E-state index in [1.54, 1.807) is 0 Å². The van der Waals surface area contributed by atoms with Gasteiger partial charge in [-0.15, -0.1) is 0 Å². The van der Waals surface area contributed by atoms with E-state index in [1.165, 1.54) is 51.4 Å². The second-order valence-corrected chi connectivity index (χ2v) is 8.70. The molecule has 2 saturated carbocycles. The average molecular weight is 368 g/mol. The van der Waals surface area contributed by atoms with Crippen LogP contribution >= 0.6 is 0 Å². The Balaban J connectivity index is 1.27. The van der Waals surface area contributed by atoms with Gasteiger partial charge in [0, 0.05) is 11.8 Å². The van der Waals surface area contributed by atoms with Crippen LogP contribution in [0.4, 0.5) is 0 Å². The van der Waals surface area contributed by atoms with Crippen LogP contribution < -0.4 is 0 Å². The van der Waals surface area contributed by atoms with E-state index in [4.69, 9.17) is 23.7 Å². The van der Waals surface area contributed by atoms with Gasteiger partial charge in [0.05, 0.1) is 6.61 Å². The SMILES string of the molecule is OCC1OC(C2CCCCC2)OC2C1OC1OC(C3CCCCC3)OC12. The van der Waals surface area contributed by atoms with Crippen molar-refractivity contribution in [3.8, 4) is 0 Å². The van der Waals surface area contributed by atoms with Gasteiger partial charge in [0.2, 0.25) is 0 Å².